The maximum Gasteiger partial charge on any atom is 0.416 e. The third-order valence-electron chi connectivity index (χ3n) is 2.92. The SMILES string of the molecule is CCCc1[c]cc(-c2cccc(C(F)(F)F)c2)cc1. The number of hydrogen-bond donors (Lipinski definition) is 0. The van der Waals surface area contributed by atoms with Crippen LogP contribution in [0.4, 0.5) is 13.2 Å². The second-order valence-corrected chi connectivity index (χ2v) is 4.43. The van der Waals surface area contributed by atoms with Crippen molar-refractivity contribution < 1.29 is 13.2 Å². The van der Waals surface area contributed by atoms with Gasteiger partial charge in [-0.2, -0.15) is 13.2 Å². The van der Waals surface area contributed by atoms with Crippen LogP contribution >= 0.6 is 0 Å². The van der Waals surface area contributed by atoms with Crippen molar-refractivity contribution in [3.8, 4) is 11.1 Å². The summed E-state index contributed by atoms with van der Waals surface area (Å²) in [5.74, 6) is 0. The highest BCUT2D eigenvalue weighted by molar-refractivity contribution is 5.64. The minimum absolute atomic E-state index is 0.564. The lowest BCUT2D eigenvalue weighted by atomic mass is 10.0. The van der Waals surface area contributed by atoms with Gasteiger partial charge in [0.15, 0.2) is 0 Å². The van der Waals surface area contributed by atoms with Gasteiger partial charge in [-0.3, -0.25) is 0 Å². The summed E-state index contributed by atoms with van der Waals surface area (Å²) in [6, 6.07) is 14.0. The molecule has 0 nitrogen and oxygen atoms in total. The van der Waals surface area contributed by atoms with Crippen LogP contribution in [-0.4, -0.2) is 0 Å². The number of hydrogen-bond acceptors (Lipinski definition) is 0. The Morgan fingerprint density at radius 2 is 1.84 bits per heavy atom. The first-order valence-electron chi connectivity index (χ1n) is 6.19. The highest BCUT2D eigenvalue weighted by atomic mass is 19.4. The summed E-state index contributed by atoms with van der Waals surface area (Å²) in [6.45, 7) is 2.08. The van der Waals surface area contributed by atoms with Crippen LogP contribution in [0.3, 0.4) is 0 Å². The van der Waals surface area contributed by atoms with Gasteiger partial charge in [-0.15, -0.1) is 0 Å². The fraction of sp³-hybridized carbons (Fsp3) is 0.250. The van der Waals surface area contributed by atoms with Crippen molar-refractivity contribution in [2.45, 2.75) is 25.9 Å². The van der Waals surface area contributed by atoms with E-state index >= 15 is 0 Å². The molecule has 2 aromatic carbocycles. The van der Waals surface area contributed by atoms with Crippen LogP contribution in [0.2, 0.25) is 0 Å². The molecule has 2 aromatic rings. The number of halogens is 3. The molecule has 1 radical (unpaired) electrons. The summed E-state index contributed by atoms with van der Waals surface area (Å²) in [4.78, 5) is 0. The van der Waals surface area contributed by atoms with Gasteiger partial charge in [0.1, 0.15) is 0 Å². The molecule has 0 aliphatic carbocycles. The molecule has 0 saturated carbocycles. The number of alkyl halides is 3. The Hall–Kier alpha value is -1.77. The molecule has 0 aromatic heterocycles. The van der Waals surface area contributed by atoms with Crippen LogP contribution in [0.25, 0.3) is 11.1 Å². The van der Waals surface area contributed by atoms with Crippen LogP contribution in [0.1, 0.15) is 24.5 Å². The molecule has 0 aliphatic rings. The molecular weight excluding hydrogens is 249 g/mol. The fourth-order valence-electron chi connectivity index (χ4n) is 1.94. The third-order valence-corrected chi connectivity index (χ3v) is 2.92. The lowest BCUT2D eigenvalue weighted by molar-refractivity contribution is -0.137. The Morgan fingerprint density at radius 3 is 2.42 bits per heavy atom. The summed E-state index contributed by atoms with van der Waals surface area (Å²) >= 11 is 0. The lowest BCUT2D eigenvalue weighted by Gasteiger charge is -2.09. The molecule has 0 fully saturated rings. The van der Waals surface area contributed by atoms with Gasteiger partial charge in [0.2, 0.25) is 0 Å². The highest BCUT2D eigenvalue weighted by Crippen LogP contribution is 2.32. The Bertz CT molecular complexity index is 539. The van der Waals surface area contributed by atoms with E-state index in [-0.39, 0.29) is 0 Å². The van der Waals surface area contributed by atoms with Crippen LogP contribution in [-0.2, 0) is 12.6 Å². The van der Waals surface area contributed by atoms with Gasteiger partial charge in [-0.1, -0.05) is 37.6 Å². The van der Waals surface area contributed by atoms with E-state index in [1.165, 1.54) is 12.1 Å². The molecule has 2 rings (SSSR count). The first-order valence-corrected chi connectivity index (χ1v) is 6.19. The minimum atomic E-state index is -4.30. The molecule has 0 bridgehead atoms. The number of aryl methyl sites for hydroxylation is 1. The minimum Gasteiger partial charge on any atom is -0.166 e. The van der Waals surface area contributed by atoms with Crippen molar-refractivity contribution >= 4 is 0 Å². The predicted molar refractivity (Wildman–Crippen MR) is 69.7 cm³/mol. The van der Waals surface area contributed by atoms with E-state index in [1.807, 2.05) is 12.1 Å². The number of rotatable bonds is 3. The molecule has 0 saturated heterocycles. The molecule has 99 valence electrons. The molecular formula is C16H14F3. The zero-order valence-electron chi connectivity index (χ0n) is 10.6. The maximum atomic E-state index is 12.6. The lowest BCUT2D eigenvalue weighted by Crippen LogP contribution is -2.04. The van der Waals surface area contributed by atoms with E-state index in [1.54, 1.807) is 12.1 Å². The first kappa shape index (κ1) is 13.7. The summed E-state index contributed by atoms with van der Waals surface area (Å²) in [7, 11) is 0. The van der Waals surface area contributed by atoms with E-state index < -0.39 is 11.7 Å². The second-order valence-electron chi connectivity index (χ2n) is 4.43. The molecule has 0 spiro atoms. The van der Waals surface area contributed by atoms with Crippen molar-refractivity contribution in [3.63, 3.8) is 0 Å². The quantitative estimate of drug-likeness (QED) is 0.720. The normalized spacial score (nSPS) is 11.6. The molecule has 0 amide bonds. The molecule has 0 unspecified atom stereocenters. The first-order chi connectivity index (χ1) is 9.00. The largest absolute Gasteiger partial charge is 0.416 e. The summed E-state index contributed by atoms with van der Waals surface area (Å²) in [5, 5.41) is 0. The maximum absolute atomic E-state index is 12.6. The zero-order valence-corrected chi connectivity index (χ0v) is 10.6. The smallest absolute Gasteiger partial charge is 0.166 e. The van der Waals surface area contributed by atoms with Crippen LogP contribution in [0, 0.1) is 6.07 Å². The standard InChI is InChI=1S/C16H14F3/c1-2-4-12-7-9-13(10-8-12)14-5-3-6-15(11-14)16(17,18)19/h3,5-7,9-11H,2,4H2,1H3. The Morgan fingerprint density at radius 1 is 1.05 bits per heavy atom. The zero-order chi connectivity index (χ0) is 13.9. The van der Waals surface area contributed by atoms with Gasteiger partial charge in [-0.05, 0) is 47.4 Å². The molecule has 0 atom stereocenters. The predicted octanol–water partition coefficient (Wildman–Crippen LogP) is 5.13. The van der Waals surface area contributed by atoms with E-state index in [4.69, 9.17) is 0 Å². The highest BCUT2D eigenvalue weighted by Gasteiger charge is 2.30. The Balaban J connectivity index is 2.31. The number of benzene rings is 2. The summed E-state index contributed by atoms with van der Waals surface area (Å²) in [6.07, 6.45) is -2.34. The van der Waals surface area contributed by atoms with E-state index in [0.29, 0.717) is 5.56 Å². The fourth-order valence-corrected chi connectivity index (χ4v) is 1.94. The molecule has 19 heavy (non-hydrogen) atoms. The van der Waals surface area contributed by atoms with Gasteiger partial charge >= 0.3 is 6.18 Å². The Labute approximate surface area is 110 Å². The van der Waals surface area contributed by atoms with Crippen molar-refractivity contribution in [2.75, 3.05) is 0 Å². The second kappa shape index (κ2) is 5.47. The molecule has 0 aliphatic heterocycles. The van der Waals surface area contributed by atoms with Crippen LogP contribution in [0.15, 0.2) is 42.5 Å². The van der Waals surface area contributed by atoms with Crippen LogP contribution < -0.4 is 0 Å². The average molecular weight is 263 g/mol. The Kier molecular flexibility index (Phi) is 3.93. The monoisotopic (exact) mass is 263 g/mol. The molecule has 0 N–H and O–H groups in total. The van der Waals surface area contributed by atoms with Crippen molar-refractivity contribution in [2.24, 2.45) is 0 Å². The third kappa shape index (κ3) is 3.37. The van der Waals surface area contributed by atoms with Gasteiger partial charge in [0, 0.05) is 0 Å². The molecule has 0 heterocycles. The van der Waals surface area contributed by atoms with Gasteiger partial charge in [-0.25, -0.2) is 0 Å². The van der Waals surface area contributed by atoms with Crippen molar-refractivity contribution in [1.29, 1.82) is 0 Å². The van der Waals surface area contributed by atoms with Crippen LogP contribution in [0.5, 0.6) is 0 Å². The van der Waals surface area contributed by atoms with Crippen molar-refractivity contribution in [1.82, 2.24) is 0 Å². The van der Waals surface area contributed by atoms with Crippen molar-refractivity contribution in [3.05, 3.63) is 59.7 Å². The van der Waals surface area contributed by atoms with E-state index in [9.17, 15) is 13.2 Å². The van der Waals surface area contributed by atoms with Gasteiger partial charge < -0.3 is 0 Å². The average Bonchev–Trinajstić information content (AvgIpc) is 2.39. The topological polar surface area (TPSA) is 0 Å². The summed E-state index contributed by atoms with van der Waals surface area (Å²) < 4.78 is 37.9. The van der Waals surface area contributed by atoms with E-state index in [0.717, 1.165) is 30.0 Å². The molecule has 3 heteroatoms. The van der Waals surface area contributed by atoms with Gasteiger partial charge in [0.25, 0.3) is 0 Å². The summed E-state index contributed by atoms with van der Waals surface area (Å²) in [5.41, 5.74) is 1.78. The van der Waals surface area contributed by atoms with Gasteiger partial charge in [0.05, 0.1) is 5.56 Å². The van der Waals surface area contributed by atoms with E-state index in [2.05, 4.69) is 13.0 Å².